The van der Waals surface area contributed by atoms with Crippen LogP contribution >= 0.6 is 28.1 Å². The number of hydrogen-bond donors (Lipinski definition) is 2. The molecule has 0 saturated carbocycles. The lowest BCUT2D eigenvalue weighted by Crippen LogP contribution is -2.46. The summed E-state index contributed by atoms with van der Waals surface area (Å²) < 4.78 is 0.853. The van der Waals surface area contributed by atoms with E-state index in [-0.39, 0.29) is 10.9 Å². The molecule has 0 spiro atoms. The van der Waals surface area contributed by atoms with E-state index >= 15 is 0 Å². The van der Waals surface area contributed by atoms with E-state index in [1.54, 1.807) is 0 Å². The number of anilines is 1. The molecule has 0 aliphatic rings. The average Bonchev–Trinajstić information content (AvgIpc) is 2.42. The first-order valence-electron chi connectivity index (χ1n) is 7.25. The molecule has 116 valence electrons. The molecular formula is C16H23BrN2OS. The van der Waals surface area contributed by atoms with Gasteiger partial charge in [-0.1, -0.05) is 45.0 Å². The zero-order valence-electron chi connectivity index (χ0n) is 12.8. The minimum Gasteiger partial charge on any atom is -0.392 e. The Morgan fingerprint density at radius 3 is 2.38 bits per heavy atom. The van der Waals surface area contributed by atoms with Crippen molar-refractivity contribution < 1.29 is 4.79 Å². The number of hydrogen-bond acceptors (Lipinski definition) is 2. The number of nitrogens with one attached hydrogen (secondary N) is 1. The molecule has 0 aromatic heterocycles. The van der Waals surface area contributed by atoms with Gasteiger partial charge in [0.25, 0.3) is 0 Å². The van der Waals surface area contributed by atoms with E-state index in [4.69, 9.17) is 18.0 Å². The van der Waals surface area contributed by atoms with Gasteiger partial charge in [-0.2, -0.15) is 0 Å². The number of carbonyl (C=O) groups excluding carboxylic acids is 1. The van der Waals surface area contributed by atoms with Crippen LogP contribution in [0, 0.1) is 12.3 Å². The summed E-state index contributed by atoms with van der Waals surface area (Å²) in [6.07, 6.45) is 3.07. The van der Waals surface area contributed by atoms with Gasteiger partial charge in [0, 0.05) is 4.47 Å². The summed E-state index contributed by atoms with van der Waals surface area (Å²) in [6.45, 7) is 6.07. The van der Waals surface area contributed by atoms with Crippen molar-refractivity contribution in [2.45, 2.75) is 46.5 Å². The SMILES string of the molecule is CCCC(CCC)(C(=O)Nc1cc(C)ccc1Br)C(N)=S. The summed E-state index contributed by atoms with van der Waals surface area (Å²) in [4.78, 5) is 13.1. The predicted molar refractivity (Wildman–Crippen MR) is 96.5 cm³/mol. The molecule has 3 nitrogen and oxygen atoms in total. The maximum absolute atomic E-state index is 12.8. The number of aryl methyl sites for hydroxylation is 1. The van der Waals surface area contributed by atoms with Gasteiger partial charge < -0.3 is 11.1 Å². The summed E-state index contributed by atoms with van der Waals surface area (Å²) in [6, 6.07) is 5.84. The molecule has 1 amide bonds. The van der Waals surface area contributed by atoms with E-state index in [1.165, 1.54) is 0 Å². The lowest BCUT2D eigenvalue weighted by Gasteiger charge is -2.31. The first kappa shape index (κ1) is 18.1. The van der Waals surface area contributed by atoms with E-state index < -0.39 is 5.41 Å². The number of amides is 1. The molecule has 1 aromatic rings. The van der Waals surface area contributed by atoms with Crippen molar-refractivity contribution in [2.24, 2.45) is 11.1 Å². The summed E-state index contributed by atoms with van der Waals surface area (Å²) in [5, 5.41) is 2.99. The Labute approximate surface area is 140 Å². The molecule has 0 radical (unpaired) electrons. The largest absolute Gasteiger partial charge is 0.392 e. The molecule has 0 atom stereocenters. The second-order valence-electron chi connectivity index (χ2n) is 5.38. The molecule has 1 rings (SSSR count). The summed E-state index contributed by atoms with van der Waals surface area (Å²) in [5.41, 5.74) is 7.00. The highest BCUT2D eigenvalue weighted by atomic mass is 79.9. The van der Waals surface area contributed by atoms with Crippen LogP contribution in [0.25, 0.3) is 0 Å². The van der Waals surface area contributed by atoms with Gasteiger partial charge in [-0.25, -0.2) is 0 Å². The van der Waals surface area contributed by atoms with E-state index in [2.05, 4.69) is 21.2 Å². The number of halogens is 1. The van der Waals surface area contributed by atoms with Crippen LogP contribution in [0.5, 0.6) is 0 Å². The molecular weight excluding hydrogens is 348 g/mol. The Morgan fingerprint density at radius 2 is 1.90 bits per heavy atom. The Kier molecular flexibility index (Phi) is 6.81. The molecule has 0 fully saturated rings. The van der Waals surface area contributed by atoms with Crippen molar-refractivity contribution in [3.8, 4) is 0 Å². The molecule has 21 heavy (non-hydrogen) atoms. The predicted octanol–water partition coefficient (Wildman–Crippen LogP) is 4.57. The van der Waals surface area contributed by atoms with Crippen LogP contribution in [-0.2, 0) is 4.79 Å². The molecule has 0 heterocycles. The second-order valence-corrected chi connectivity index (χ2v) is 6.68. The topological polar surface area (TPSA) is 55.1 Å². The van der Waals surface area contributed by atoms with Gasteiger partial charge in [-0.3, -0.25) is 4.79 Å². The van der Waals surface area contributed by atoms with Crippen LogP contribution in [0.4, 0.5) is 5.69 Å². The molecule has 3 N–H and O–H groups in total. The Bertz CT molecular complexity index is 525. The lowest BCUT2D eigenvalue weighted by atomic mass is 9.78. The standard InChI is InChI=1S/C16H23BrN2OS/c1-4-8-16(9-5-2,14(18)21)15(20)19-13-10-11(3)6-7-12(13)17/h6-7,10H,4-5,8-9H2,1-3H3,(H2,18,21)(H,19,20). The fourth-order valence-electron chi connectivity index (χ4n) is 2.54. The maximum Gasteiger partial charge on any atom is 0.237 e. The minimum absolute atomic E-state index is 0.106. The summed E-state index contributed by atoms with van der Waals surface area (Å²) >= 11 is 8.68. The quantitative estimate of drug-likeness (QED) is 0.691. The van der Waals surface area contributed by atoms with Crippen LogP contribution in [0.3, 0.4) is 0 Å². The molecule has 1 aromatic carbocycles. The van der Waals surface area contributed by atoms with Crippen LogP contribution in [0.2, 0.25) is 0 Å². The van der Waals surface area contributed by atoms with Crippen LogP contribution in [0.1, 0.15) is 45.1 Å². The van der Waals surface area contributed by atoms with Gasteiger partial charge >= 0.3 is 0 Å². The number of carbonyl (C=O) groups is 1. The first-order valence-corrected chi connectivity index (χ1v) is 8.45. The third kappa shape index (κ3) is 4.27. The lowest BCUT2D eigenvalue weighted by molar-refractivity contribution is -0.122. The Hall–Kier alpha value is -0.940. The highest BCUT2D eigenvalue weighted by molar-refractivity contribution is 9.10. The van der Waals surface area contributed by atoms with E-state index in [9.17, 15) is 4.79 Å². The second kappa shape index (κ2) is 7.90. The van der Waals surface area contributed by atoms with Gasteiger partial charge in [0.1, 0.15) is 0 Å². The molecule has 0 bridgehead atoms. The molecule has 0 unspecified atom stereocenters. The van der Waals surface area contributed by atoms with Gasteiger partial charge in [0.05, 0.1) is 16.1 Å². The third-order valence-electron chi connectivity index (χ3n) is 3.63. The van der Waals surface area contributed by atoms with Crippen molar-refractivity contribution in [1.82, 2.24) is 0 Å². The normalized spacial score (nSPS) is 11.2. The van der Waals surface area contributed by atoms with Crippen molar-refractivity contribution in [3.63, 3.8) is 0 Å². The van der Waals surface area contributed by atoms with E-state index in [1.807, 2.05) is 39.0 Å². The minimum atomic E-state index is -0.762. The van der Waals surface area contributed by atoms with E-state index in [0.717, 1.165) is 28.6 Å². The monoisotopic (exact) mass is 370 g/mol. The number of nitrogens with two attached hydrogens (primary N) is 1. The molecule has 0 saturated heterocycles. The maximum atomic E-state index is 12.8. The van der Waals surface area contributed by atoms with Crippen LogP contribution < -0.4 is 11.1 Å². The zero-order valence-corrected chi connectivity index (χ0v) is 15.2. The van der Waals surface area contributed by atoms with Crippen LogP contribution in [0.15, 0.2) is 22.7 Å². The van der Waals surface area contributed by atoms with Crippen molar-refractivity contribution >= 4 is 44.7 Å². The third-order valence-corrected chi connectivity index (χ3v) is 4.71. The average molecular weight is 371 g/mol. The van der Waals surface area contributed by atoms with Crippen molar-refractivity contribution in [2.75, 3.05) is 5.32 Å². The molecule has 5 heteroatoms. The van der Waals surface area contributed by atoms with Gasteiger partial charge in [-0.15, -0.1) is 0 Å². The van der Waals surface area contributed by atoms with Gasteiger partial charge in [-0.05, 0) is 53.4 Å². The summed E-state index contributed by atoms with van der Waals surface area (Å²) in [7, 11) is 0. The highest BCUT2D eigenvalue weighted by Crippen LogP contribution is 2.33. The Morgan fingerprint density at radius 1 is 1.33 bits per heavy atom. The van der Waals surface area contributed by atoms with Crippen molar-refractivity contribution in [3.05, 3.63) is 28.2 Å². The highest BCUT2D eigenvalue weighted by Gasteiger charge is 2.40. The number of rotatable bonds is 7. The fourth-order valence-corrected chi connectivity index (χ4v) is 3.18. The van der Waals surface area contributed by atoms with Crippen LogP contribution in [-0.4, -0.2) is 10.9 Å². The van der Waals surface area contributed by atoms with Gasteiger partial charge in [0.2, 0.25) is 5.91 Å². The zero-order chi connectivity index (χ0) is 16.0. The van der Waals surface area contributed by atoms with Crippen molar-refractivity contribution in [1.29, 1.82) is 0 Å². The Balaban J connectivity index is 3.11. The molecule has 0 aliphatic heterocycles. The number of benzene rings is 1. The molecule has 0 aliphatic carbocycles. The first-order chi connectivity index (χ1) is 9.87. The summed E-state index contributed by atoms with van der Waals surface area (Å²) in [5.74, 6) is -0.106. The number of thiocarbonyl (C=S) groups is 1. The van der Waals surface area contributed by atoms with E-state index in [0.29, 0.717) is 12.8 Å². The fraction of sp³-hybridized carbons (Fsp3) is 0.500. The smallest absolute Gasteiger partial charge is 0.237 e. The van der Waals surface area contributed by atoms with Gasteiger partial charge in [0.15, 0.2) is 0 Å².